The molecule has 4 rings (SSSR count). The lowest BCUT2D eigenvalue weighted by molar-refractivity contribution is -0.743. The van der Waals surface area contributed by atoms with Gasteiger partial charge in [-0.1, -0.05) is 18.2 Å². The van der Waals surface area contributed by atoms with Gasteiger partial charge in [0.05, 0.1) is 21.6 Å². The third-order valence-electron chi connectivity index (χ3n) is 4.82. The van der Waals surface area contributed by atoms with Crippen LogP contribution in [0.1, 0.15) is 11.1 Å². The van der Waals surface area contributed by atoms with Gasteiger partial charge < -0.3 is 0 Å². The number of halogens is 3. The zero-order valence-corrected chi connectivity index (χ0v) is 15.9. The van der Waals surface area contributed by atoms with Gasteiger partial charge >= 0.3 is 6.18 Å². The summed E-state index contributed by atoms with van der Waals surface area (Å²) in [6, 6.07) is 9.94. The minimum atomic E-state index is -4.61. The van der Waals surface area contributed by atoms with Gasteiger partial charge in [-0.15, -0.1) is 0 Å². The molecule has 1 atom stereocenters. The van der Waals surface area contributed by atoms with E-state index in [4.69, 9.17) is 0 Å². The van der Waals surface area contributed by atoms with Gasteiger partial charge in [-0.05, 0) is 42.5 Å². The second kappa shape index (κ2) is 6.82. The summed E-state index contributed by atoms with van der Waals surface area (Å²) in [5, 5.41) is 0. The number of hydrogen-bond donors (Lipinski definition) is 0. The first kappa shape index (κ1) is 19.4. The van der Waals surface area contributed by atoms with E-state index in [9.17, 15) is 21.6 Å². The Morgan fingerprint density at radius 1 is 0.931 bits per heavy atom. The number of quaternary nitrogens is 1. The van der Waals surface area contributed by atoms with E-state index in [1.807, 2.05) is 30.6 Å². The van der Waals surface area contributed by atoms with Crippen LogP contribution in [0.2, 0.25) is 0 Å². The van der Waals surface area contributed by atoms with Gasteiger partial charge in [0.15, 0.2) is 0 Å². The highest BCUT2D eigenvalue weighted by molar-refractivity contribution is 7.91. The fourth-order valence-electron chi connectivity index (χ4n) is 3.30. The van der Waals surface area contributed by atoms with Crippen molar-refractivity contribution in [2.45, 2.75) is 22.5 Å². The number of rotatable bonds is 4. The van der Waals surface area contributed by atoms with E-state index in [0.29, 0.717) is 17.1 Å². The number of alkyl halides is 3. The number of nitrogens with zero attached hydrogens (tertiary/aromatic N) is 2. The van der Waals surface area contributed by atoms with E-state index in [0.717, 1.165) is 23.5 Å². The van der Waals surface area contributed by atoms with Gasteiger partial charge in [0.2, 0.25) is 15.7 Å². The van der Waals surface area contributed by atoms with Crippen molar-refractivity contribution in [1.82, 2.24) is 0 Å². The summed E-state index contributed by atoms with van der Waals surface area (Å²) in [6.45, 7) is 0.542. The van der Waals surface area contributed by atoms with E-state index in [1.54, 1.807) is 18.3 Å². The highest BCUT2D eigenvalue weighted by Gasteiger charge is 2.34. The first-order chi connectivity index (χ1) is 13.7. The molecule has 0 fully saturated rings. The van der Waals surface area contributed by atoms with Crippen LogP contribution >= 0.6 is 0 Å². The fraction of sp³-hybridized carbons (Fsp3) is 0.0952. The number of sulfone groups is 1. The third kappa shape index (κ3) is 3.56. The van der Waals surface area contributed by atoms with E-state index in [2.05, 4.69) is 4.99 Å². The largest absolute Gasteiger partial charge is 0.416 e. The highest BCUT2D eigenvalue weighted by Crippen LogP contribution is 2.32. The zero-order chi connectivity index (χ0) is 20.7. The van der Waals surface area contributed by atoms with Gasteiger partial charge in [0.25, 0.3) is 0 Å². The van der Waals surface area contributed by atoms with Gasteiger partial charge in [-0.3, -0.25) is 0 Å². The maximum atomic E-state index is 12.9. The Kier molecular flexibility index (Phi) is 4.55. The first-order valence-electron chi connectivity index (χ1n) is 8.71. The maximum absolute atomic E-state index is 12.9. The Balaban J connectivity index is 1.61. The SMILES string of the molecule is O=S(=O)(c1ccc(C[N+]23C=CC=CC2=NC=C3)cc1)c1cccc(C(F)(F)F)c1. The molecule has 148 valence electrons. The smallest absolute Gasteiger partial charge is 0.219 e. The molecule has 2 aliphatic rings. The molecule has 0 saturated heterocycles. The van der Waals surface area contributed by atoms with Crippen molar-refractivity contribution in [3.8, 4) is 0 Å². The third-order valence-corrected chi connectivity index (χ3v) is 6.59. The Labute approximate surface area is 166 Å². The molecule has 4 nitrogen and oxygen atoms in total. The summed E-state index contributed by atoms with van der Waals surface area (Å²) in [7, 11) is -4.06. The first-order valence-corrected chi connectivity index (χ1v) is 10.2. The quantitative estimate of drug-likeness (QED) is 0.670. The summed E-state index contributed by atoms with van der Waals surface area (Å²) in [5.41, 5.74) is -0.129. The molecule has 0 N–H and O–H groups in total. The Hall–Kier alpha value is -2.97. The topological polar surface area (TPSA) is 46.5 Å². The molecule has 2 aromatic rings. The number of benzene rings is 2. The zero-order valence-electron chi connectivity index (χ0n) is 15.0. The molecular weight excluding hydrogens is 401 g/mol. The van der Waals surface area contributed by atoms with Crippen LogP contribution in [0, 0.1) is 0 Å². The number of amidine groups is 1. The number of fused-ring (bicyclic) bond motifs is 1. The summed E-state index contributed by atoms with van der Waals surface area (Å²) in [4.78, 5) is 3.89. The second-order valence-electron chi connectivity index (χ2n) is 6.75. The van der Waals surface area contributed by atoms with Gasteiger partial charge in [-0.2, -0.15) is 18.2 Å². The summed E-state index contributed by atoms with van der Waals surface area (Å²) in [6.07, 6.45) is 6.75. The molecule has 2 heterocycles. The monoisotopic (exact) mass is 417 g/mol. The molecule has 0 bridgehead atoms. The van der Waals surface area contributed by atoms with Crippen molar-refractivity contribution in [1.29, 1.82) is 0 Å². The molecule has 0 amide bonds. The molecule has 0 spiro atoms. The van der Waals surface area contributed by atoms with Crippen LogP contribution in [0.15, 0.2) is 100 Å². The lowest BCUT2D eigenvalue weighted by Crippen LogP contribution is -2.40. The molecule has 2 aromatic carbocycles. The van der Waals surface area contributed by atoms with Crippen molar-refractivity contribution >= 4 is 15.7 Å². The van der Waals surface area contributed by atoms with Crippen molar-refractivity contribution in [2.75, 3.05) is 0 Å². The summed E-state index contributed by atoms with van der Waals surface area (Å²) >= 11 is 0. The second-order valence-corrected chi connectivity index (χ2v) is 8.70. The van der Waals surface area contributed by atoms with Crippen molar-refractivity contribution in [2.24, 2.45) is 4.99 Å². The molecule has 0 saturated carbocycles. The summed E-state index contributed by atoms with van der Waals surface area (Å²) in [5.74, 6) is 0.855. The molecule has 8 heteroatoms. The van der Waals surface area contributed by atoms with Crippen molar-refractivity contribution in [3.05, 3.63) is 96.5 Å². The van der Waals surface area contributed by atoms with Crippen molar-refractivity contribution in [3.63, 3.8) is 0 Å². The Morgan fingerprint density at radius 2 is 1.69 bits per heavy atom. The van der Waals surface area contributed by atoms with Crippen LogP contribution in [0.3, 0.4) is 0 Å². The van der Waals surface area contributed by atoms with Crippen LogP contribution < -0.4 is 0 Å². The Morgan fingerprint density at radius 3 is 2.41 bits per heavy atom. The van der Waals surface area contributed by atoms with Crippen LogP contribution in [-0.2, 0) is 22.6 Å². The average molecular weight is 417 g/mol. The number of aliphatic imine (C=N–C) groups is 1. The highest BCUT2D eigenvalue weighted by atomic mass is 32.2. The fourth-order valence-corrected chi connectivity index (χ4v) is 4.61. The lowest BCUT2D eigenvalue weighted by Gasteiger charge is -2.28. The normalized spacial score (nSPS) is 20.6. The molecule has 0 aliphatic carbocycles. The Bertz CT molecular complexity index is 1180. The number of allylic oxidation sites excluding steroid dienone is 2. The minimum absolute atomic E-state index is 0.0551. The predicted octanol–water partition coefficient (Wildman–Crippen LogP) is 4.82. The predicted molar refractivity (Wildman–Crippen MR) is 102 cm³/mol. The molecule has 1 unspecified atom stereocenters. The van der Waals surface area contributed by atoms with E-state index in [-0.39, 0.29) is 9.79 Å². The lowest BCUT2D eigenvalue weighted by atomic mass is 10.1. The summed E-state index contributed by atoms with van der Waals surface area (Å²) < 4.78 is 64.7. The molecule has 29 heavy (non-hydrogen) atoms. The average Bonchev–Trinajstić information content (AvgIpc) is 3.11. The van der Waals surface area contributed by atoms with Gasteiger partial charge in [0.1, 0.15) is 18.9 Å². The van der Waals surface area contributed by atoms with E-state index >= 15 is 0 Å². The molecule has 0 aromatic heterocycles. The van der Waals surface area contributed by atoms with E-state index in [1.165, 1.54) is 18.2 Å². The van der Waals surface area contributed by atoms with Crippen LogP contribution in [0.4, 0.5) is 13.2 Å². The van der Waals surface area contributed by atoms with Crippen molar-refractivity contribution < 1.29 is 26.1 Å². The van der Waals surface area contributed by atoms with E-state index < -0.39 is 21.6 Å². The number of hydrogen-bond acceptors (Lipinski definition) is 3. The minimum Gasteiger partial charge on any atom is -0.219 e. The standard InChI is InChI=1S/C21H16F3N2O2S/c22-21(23,24)17-4-3-5-19(14-17)29(27,28)18-9-7-16(8-10-18)15-26-12-2-1-6-20(26)25-11-13-26/h1-14H,15H2/q+1. The molecular formula is C21H16F3N2O2S+. The van der Waals surface area contributed by atoms with Gasteiger partial charge in [-0.25, -0.2) is 12.9 Å². The molecule has 2 aliphatic heterocycles. The molecule has 0 radical (unpaired) electrons. The van der Waals surface area contributed by atoms with Crippen LogP contribution in [-0.4, -0.2) is 18.7 Å². The van der Waals surface area contributed by atoms with Crippen LogP contribution in [0.5, 0.6) is 0 Å². The van der Waals surface area contributed by atoms with Crippen LogP contribution in [0.25, 0.3) is 0 Å². The maximum Gasteiger partial charge on any atom is 0.416 e. The van der Waals surface area contributed by atoms with Gasteiger partial charge in [0, 0.05) is 11.6 Å².